The van der Waals surface area contributed by atoms with Gasteiger partial charge < -0.3 is 13.7 Å². The number of para-hydroxylation sites is 2. The lowest BCUT2D eigenvalue weighted by atomic mass is 9.98. The lowest BCUT2D eigenvalue weighted by Crippen LogP contribution is -2.11. The first-order chi connectivity index (χ1) is 24.3. The van der Waals surface area contributed by atoms with Crippen molar-refractivity contribution in [2.24, 2.45) is 0 Å². The number of aromatic nitrogens is 1. The average Bonchev–Trinajstić information content (AvgIpc) is 3.77. The molecule has 0 bridgehead atoms. The van der Waals surface area contributed by atoms with Crippen LogP contribution < -0.4 is 4.90 Å². The Bertz CT molecular complexity index is 2850. The highest BCUT2D eigenvalue weighted by Gasteiger charge is 2.21. The second-order valence-corrected chi connectivity index (χ2v) is 12.4. The van der Waals surface area contributed by atoms with E-state index in [4.69, 9.17) is 13.8 Å². The van der Waals surface area contributed by atoms with Crippen LogP contribution in [0.5, 0.6) is 0 Å². The second-order valence-electron chi connectivity index (χ2n) is 12.4. The molecular formula is C45H28N2O2. The average molecular weight is 629 g/mol. The Hall–Kier alpha value is -6.65. The summed E-state index contributed by atoms with van der Waals surface area (Å²) < 4.78 is 13.1. The van der Waals surface area contributed by atoms with Gasteiger partial charge in [-0.15, -0.1) is 0 Å². The Labute approximate surface area is 282 Å². The fourth-order valence-corrected chi connectivity index (χ4v) is 7.18. The van der Waals surface area contributed by atoms with Crippen LogP contribution in [0, 0.1) is 0 Å². The van der Waals surface area contributed by atoms with Crippen molar-refractivity contribution in [3.05, 3.63) is 170 Å². The van der Waals surface area contributed by atoms with Crippen molar-refractivity contribution in [2.45, 2.75) is 0 Å². The molecule has 10 aromatic rings. The van der Waals surface area contributed by atoms with Gasteiger partial charge in [0.15, 0.2) is 5.58 Å². The molecule has 0 amide bonds. The van der Waals surface area contributed by atoms with Crippen LogP contribution in [0.1, 0.15) is 0 Å². The van der Waals surface area contributed by atoms with Gasteiger partial charge in [0.05, 0.1) is 5.69 Å². The van der Waals surface area contributed by atoms with Gasteiger partial charge >= 0.3 is 0 Å². The van der Waals surface area contributed by atoms with Gasteiger partial charge in [0.2, 0.25) is 5.89 Å². The SMILES string of the molecule is c1ccc(N(c2ccc3c(c2)oc2cccc(-c4nc5ccc6ccccc6c5o4)c23)c2ccccc2-c2ccc3ccccc3c2)cc1. The molecule has 0 aliphatic rings. The summed E-state index contributed by atoms with van der Waals surface area (Å²) in [4.78, 5) is 7.25. The molecule has 0 radical (unpaired) electrons. The van der Waals surface area contributed by atoms with Gasteiger partial charge in [-0.1, -0.05) is 109 Å². The summed E-state index contributed by atoms with van der Waals surface area (Å²) in [5.41, 5.74) is 9.58. The molecule has 0 aliphatic carbocycles. The van der Waals surface area contributed by atoms with Crippen molar-refractivity contribution in [3.8, 4) is 22.6 Å². The van der Waals surface area contributed by atoms with Crippen LogP contribution in [-0.4, -0.2) is 4.98 Å². The number of furan rings is 1. The summed E-state index contributed by atoms with van der Waals surface area (Å²) in [6.45, 7) is 0. The monoisotopic (exact) mass is 628 g/mol. The van der Waals surface area contributed by atoms with Crippen LogP contribution in [0.4, 0.5) is 17.1 Å². The zero-order valence-corrected chi connectivity index (χ0v) is 26.4. The lowest BCUT2D eigenvalue weighted by molar-refractivity contribution is 0.623. The smallest absolute Gasteiger partial charge is 0.228 e. The van der Waals surface area contributed by atoms with Crippen LogP contribution in [0.15, 0.2) is 179 Å². The first kappa shape index (κ1) is 27.5. The third kappa shape index (κ3) is 4.49. The number of benzene rings is 8. The maximum Gasteiger partial charge on any atom is 0.228 e. The predicted octanol–water partition coefficient (Wildman–Crippen LogP) is 12.8. The van der Waals surface area contributed by atoms with Crippen LogP contribution in [0.3, 0.4) is 0 Å². The van der Waals surface area contributed by atoms with Gasteiger partial charge in [0, 0.05) is 44.7 Å². The van der Waals surface area contributed by atoms with Gasteiger partial charge in [-0.3, -0.25) is 0 Å². The fraction of sp³-hybridized carbons (Fsp3) is 0. The number of fused-ring (bicyclic) bond motifs is 7. The Morgan fingerprint density at radius 1 is 0.449 bits per heavy atom. The van der Waals surface area contributed by atoms with E-state index in [2.05, 4.69) is 144 Å². The van der Waals surface area contributed by atoms with E-state index >= 15 is 0 Å². The number of rotatable bonds is 5. The molecule has 0 spiro atoms. The molecule has 8 aromatic carbocycles. The minimum Gasteiger partial charge on any atom is -0.456 e. The zero-order chi connectivity index (χ0) is 32.3. The molecule has 49 heavy (non-hydrogen) atoms. The molecule has 230 valence electrons. The van der Waals surface area contributed by atoms with E-state index in [1.54, 1.807) is 0 Å². The van der Waals surface area contributed by atoms with Gasteiger partial charge in [-0.05, 0) is 76.3 Å². The maximum absolute atomic E-state index is 6.59. The quantitative estimate of drug-likeness (QED) is 0.190. The molecule has 4 nitrogen and oxygen atoms in total. The minimum atomic E-state index is 0.582. The van der Waals surface area contributed by atoms with Crippen molar-refractivity contribution in [3.63, 3.8) is 0 Å². The molecular weight excluding hydrogens is 601 g/mol. The molecule has 2 aromatic heterocycles. The third-order valence-corrected chi connectivity index (χ3v) is 9.47. The number of anilines is 3. The Morgan fingerprint density at radius 2 is 1.20 bits per heavy atom. The summed E-state index contributed by atoms with van der Waals surface area (Å²) in [6.07, 6.45) is 0. The number of oxazole rings is 1. The number of hydrogen-bond donors (Lipinski definition) is 0. The van der Waals surface area contributed by atoms with E-state index in [0.717, 1.165) is 77.6 Å². The Morgan fingerprint density at radius 3 is 2.12 bits per heavy atom. The zero-order valence-electron chi connectivity index (χ0n) is 26.4. The molecule has 2 heterocycles. The number of hydrogen-bond acceptors (Lipinski definition) is 4. The first-order valence-corrected chi connectivity index (χ1v) is 16.5. The summed E-state index contributed by atoms with van der Waals surface area (Å²) in [6, 6.07) is 59.2. The molecule has 0 N–H and O–H groups in total. The Balaban J connectivity index is 1.14. The van der Waals surface area contributed by atoms with Crippen LogP contribution in [0.25, 0.3) is 77.2 Å². The van der Waals surface area contributed by atoms with E-state index in [0.29, 0.717) is 5.89 Å². The van der Waals surface area contributed by atoms with Crippen LogP contribution in [0.2, 0.25) is 0 Å². The molecule has 0 unspecified atom stereocenters. The summed E-state index contributed by atoms with van der Waals surface area (Å²) in [5.74, 6) is 0.582. The van der Waals surface area contributed by atoms with Crippen molar-refractivity contribution in [1.29, 1.82) is 0 Å². The first-order valence-electron chi connectivity index (χ1n) is 16.5. The summed E-state index contributed by atoms with van der Waals surface area (Å²) in [5, 5.41) is 6.62. The van der Waals surface area contributed by atoms with Crippen molar-refractivity contribution < 1.29 is 8.83 Å². The molecule has 0 saturated carbocycles. The molecule has 0 aliphatic heterocycles. The highest BCUT2D eigenvalue weighted by atomic mass is 16.3. The van der Waals surface area contributed by atoms with Crippen molar-refractivity contribution >= 4 is 71.6 Å². The normalized spacial score (nSPS) is 11.7. The fourth-order valence-electron chi connectivity index (χ4n) is 7.18. The van der Waals surface area contributed by atoms with Crippen LogP contribution >= 0.6 is 0 Å². The molecule has 4 heteroatoms. The van der Waals surface area contributed by atoms with Crippen molar-refractivity contribution in [2.75, 3.05) is 4.90 Å². The van der Waals surface area contributed by atoms with E-state index < -0.39 is 0 Å². The summed E-state index contributed by atoms with van der Waals surface area (Å²) >= 11 is 0. The predicted molar refractivity (Wildman–Crippen MR) is 202 cm³/mol. The van der Waals surface area contributed by atoms with E-state index in [1.165, 1.54) is 10.8 Å². The standard InChI is InChI=1S/C45H28N2O2/c1-2-14-33(15-3-1)47(40-19-9-8-16-35(40)32-22-21-29-11-4-5-13-31(29)27-32)34-24-25-37-42(28-34)48-41-20-10-18-38(43(37)41)45-46-39-26-23-30-12-6-7-17-36(30)44(39)49-45/h1-28H. The van der Waals surface area contributed by atoms with E-state index in [9.17, 15) is 0 Å². The number of nitrogens with zero attached hydrogens (tertiary/aromatic N) is 2. The van der Waals surface area contributed by atoms with Crippen molar-refractivity contribution in [1.82, 2.24) is 4.98 Å². The van der Waals surface area contributed by atoms with Gasteiger partial charge in [0.1, 0.15) is 16.7 Å². The molecule has 10 rings (SSSR count). The Kier molecular flexibility index (Phi) is 6.15. The molecule has 0 atom stereocenters. The van der Waals surface area contributed by atoms with Gasteiger partial charge in [0.25, 0.3) is 0 Å². The summed E-state index contributed by atoms with van der Waals surface area (Å²) in [7, 11) is 0. The van der Waals surface area contributed by atoms with E-state index in [1.807, 2.05) is 30.3 Å². The lowest BCUT2D eigenvalue weighted by Gasteiger charge is -2.28. The highest BCUT2D eigenvalue weighted by Crippen LogP contribution is 2.44. The highest BCUT2D eigenvalue weighted by molar-refractivity contribution is 6.13. The third-order valence-electron chi connectivity index (χ3n) is 9.47. The van der Waals surface area contributed by atoms with E-state index in [-0.39, 0.29) is 0 Å². The molecule has 0 fully saturated rings. The topological polar surface area (TPSA) is 42.4 Å². The minimum absolute atomic E-state index is 0.582. The van der Waals surface area contributed by atoms with Gasteiger partial charge in [-0.25, -0.2) is 4.98 Å². The molecule has 0 saturated heterocycles. The maximum atomic E-state index is 6.59. The largest absolute Gasteiger partial charge is 0.456 e. The van der Waals surface area contributed by atoms with Crippen LogP contribution in [-0.2, 0) is 0 Å². The second kappa shape index (κ2) is 11.0. The van der Waals surface area contributed by atoms with Gasteiger partial charge in [-0.2, -0.15) is 0 Å².